The highest BCUT2D eigenvalue weighted by molar-refractivity contribution is 5.36. The van der Waals surface area contributed by atoms with Crippen molar-refractivity contribution in [2.75, 3.05) is 38.3 Å². The number of hydrogen-bond donors (Lipinski definition) is 2. The van der Waals surface area contributed by atoms with Crippen LogP contribution < -0.4 is 15.4 Å². The Bertz CT molecular complexity index is 396. The number of nitrogens with one attached hydrogen (secondary N) is 2. The molecule has 0 fully saturated rings. The van der Waals surface area contributed by atoms with E-state index in [0.29, 0.717) is 17.9 Å². The zero-order valence-electron chi connectivity index (χ0n) is 12.6. The summed E-state index contributed by atoms with van der Waals surface area (Å²) in [5, 5.41) is 6.14. The lowest BCUT2D eigenvalue weighted by Gasteiger charge is -2.18. The Balaban J connectivity index is 2.81. The molecule has 108 valence electrons. The normalized spacial score (nSPS) is 12.6. The standard InChI is InChI=1S/C12H24N6O/c1-8(2)19-12-16-10(13-4)15-11(17-12)14-9(3)7-18(5)6/h8-9H,7H2,1-6H3,(H2,13,14,15,16,17). The third-order valence-electron chi connectivity index (χ3n) is 2.19. The van der Waals surface area contributed by atoms with Crippen molar-refractivity contribution in [2.24, 2.45) is 0 Å². The van der Waals surface area contributed by atoms with Gasteiger partial charge < -0.3 is 20.3 Å². The molecular formula is C12H24N6O. The zero-order chi connectivity index (χ0) is 14.4. The number of nitrogens with zero attached hydrogens (tertiary/aromatic N) is 4. The van der Waals surface area contributed by atoms with Gasteiger partial charge in [-0.2, -0.15) is 15.0 Å². The van der Waals surface area contributed by atoms with Crippen LogP contribution in [-0.2, 0) is 0 Å². The fourth-order valence-corrected chi connectivity index (χ4v) is 1.61. The van der Waals surface area contributed by atoms with E-state index in [4.69, 9.17) is 4.74 Å². The maximum absolute atomic E-state index is 5.51. The van der Waals surface area contributed by atoms with E-state index in [9.17, 15) is 0 Å². The molecule has 1 unspecified atom stereocenters. The van der Waals surface area contributed by atoms with Gasteiger partial charge in [0.15, 0.2) is 0 Å². The van der Waals surface area contributed by atoms with E-state index in [2.05, 4.69) is 37.4 Å². The van der Waals surface area contributed by atoms with Gasteiger partial charge in [0.25, 0.3) is 0 Å². The number of rotatable bonds is 7. The summed E-state index contributed by atoms with van der Waals surface area (Å²) in [4.78, 5) is 14.8. The molecule has 0 saturated carbocycles. The minimum absolute atomic E-state index is 0.0270. The summed E-state index contributed by atoms with van der Waals surface area (Å²) in [6.45, 7) is 6.84. The third kappa shape index (κ3) is 5.69. The number of aromatic nitrogens is 3. The van der Waals surface area contributed by atoms with Gasteiger partial charge in [0.2, 0.25) is 11.9 Å². The Morgan fingerprint density at radius 3 is 2.26 bits per heavy atom. The molecule has 0 spiro atoms. The van der Waals surface area contributed by atoms with Crippen LogP contribution in [0.1, 0.15) is 20.8 Å². The Kier molecular flexibility index (Phi) is 5.75. The van der Waals surface area contributed by atoms with Gasteiger partial charge in [-0.1, -0.05) is 0 Å². The molecule has 0 bridgehead atoms. The van der Waals surface area contributed by atoms with Crippen LogP contribution in [0.3, 0.4) is 0 Å². The number of ether oxygens (including phenoxy) is 1. The molecule has 0 amide bonds. The fourth-order valence-electron chi connectivity index (χ4n) is 1.61. The van der Waals surface area contributed by atoms with E-state index in [0.717, 1.165) is 6.54 Å². The van der Waals surface area contributed by atoms with Crippen molar-refractivity contribution >= 4 is 11.9 Å². The van der Waals surface area contributed by atoms with Crippen molar-refractivity contribution in [3.63, 3.8) is 0 Å². The molecule has 0 aliphatic carbocycles. The largest absolute Gasteiger partial charge is 0.461 e. The summed E-state index contributed by atoms with van der Waals surface area (Å²) in [5.74, 6) is 1.01. The quantitative estimate of drug-likeness (QED) is 0.766. The summed E-state index contributed by atoms with van der Waals surface area (Å²) >= 11 is 0. The fraction of sp³-hybridized carbons (Fsp3) is 0.750. The predicted molar refractivity (Wildman–Crippen MR) is 76.8 cm³/mol. The van der Waals surface area contributed by atoms with Gasteiger partial charge >= 0.3 is 6.01 Å². The molecule has 0 aliphatic rings. The molecule has 0 aromatic carbocycles. The highest BCUT2D eigenvalue weighted by Gasteiger charge is 2.11. The minimum atomic E-state index is 0.0270. The molecule has 1 aromatic rings. The second-order valence-electron chi connectivity index (χ2n) is 4.99. The molecule has 19 heavy (non-hydrogen) atoms. The van der Waals surface area contributed by atoms with Crippen LogP contribution in [0.5, 0.6) is 6.01 Å². The van der Waals surface area contributed by atoms with Crippen molar-refractivity contribution < 1.29 is 4.74 Å². The molecular weight excluding hydrogens is 244 g/mol. The molecule has 1 aromatic heterocycles. The van der Waals surface area contributed by atoms with Crippen molar-refractivity contribution in [1.82, 2.24) is 19.9 Å². The second-order valence-corrected chi connectivity index (χ2v) is 4.99. The van der Waals surface area contributed by atoms with Gasteiger partial charge in [-0.3, -0.25) is 0 Å². The van der Waals surface area contributed by atoms with Crippen molar-refractivity contribution in [3.8, 4) is 6.01 Å². The molecule has 1 atom stereocenters. The summed E-state index contributed by atoms with van der Waals surface area (Å²) in [7, 11) is 5.82. The molecule has 1 heterocycles. The van der Waals surface area contributed by atoms with E-state index in [1.807, 2.05) is 27.9 Å². The first-order valence-corrected chi connectivity index (χ1v) is 6.42. The average molecular weight is 268 g/mol. The summed E-state index contributed by atoms with van der Waals surface area (Å²) < 4.78 is 5.51. The molecule has 0 aliphatic heterocycles. The van der Waals surface area contributed by atoms with E-state index in [-0.39, 0.29) is 12.1 Å². The van der Waals surface area contributed by atoms with Crippen LogP contribution in [0.4, 0.5) is 11.9 Å². The summed E-state index contributed by atoms with van der Waals surface area (Å²) in [5.41, 5.74) is 0. The molecule has 1 rings (SSSR count). The van der Waals surface area contributed by atoms with Crippen LogP contribution in [0.2, 0.25) is 0 Å². The first-order chi connectivity index (χ1) is 8.90. The lowest BCUT2D eigenvalue weighted by atomic mass is 10.3. The molecule has 2 N–H and O–H groups in total. The van der Waals surface area contributed by atoms with Gasteiger partial charge in [0, 0.05) is 19.6 Å². The zero-order valence-corrected chi connectivity index (χ0v) is 12.6. The van der Waals surface area contributed by atoms with Crippen LogP contribution in [-0.4, -0.2) is 59.7 Å². The van der Waals surface area contributed by atoms with E-state index >= 15 is 0 Å². The highest BCUT2D eigenvalue weighted by atomic mass is 16.5. The number of likely N-dealkylation sites (N-methyl/N-ethyl adjacent to an activating group) is 1. The van der Waals surface area contributed by atoms with Crippen LogP contribution in [0, 0.1) is 0 Å². The van der Waals surface area contributed by atoms with Crippen molar-refractivity contribution in [1.29, 1.82) is 0 Å². The van der Waals surface area contributed by atoms with Gasteiger partial charge in [0.1, 0.15) is 0 Å². The Hall–Kier alpha value is -1.63. The Morgan fingerprint density at radius 2 is 1.74 bits per heavy atom. The van der Waals surface area contributed by atoms with Crippen molar-refractivity contribution in [3.05, 3.63) is 0 Å². The van der Waals surface area contributed by atoms with Crippen LogP contribution in [0.25, 0.3) is 0 Å². The summed E-state index contributed by atoms with van der Waals surface area (Å²) in [6.07, 6.45) is 0.0270. The topological polar surface area (TPSA) is 75.2 Å². The van der Waals surface area contributed by atoms with Gasteiger partial charge in [-0.05, 0) is 34.9 Å². The third-order valence-corrected chi connectivity index (χ3v) is 2.19. The van der Waals surface area contributed by atoms with E-state index < -0.39 is 0 Å². The second kappa shape index (κ2) is 7.08. The van der Waals surface area contributed by atoms with Gasteiger partial charge in [0.05, 0.1) is 6.10 Å². The monoisotopic (exact) mass is 268 g/mol. The first kappa shape index (κ1) is 15.4. The lowest BCUT2D eigenvalue weighted by molar-refractivity contribution is 0.222. The number of anilines is 2. The molecule has 7 nitrogen and oxygen atoms in total. The maximum atomic E-state index is 5.51. The molecule has 0 radical (unpaired) electrons. The van der Waals surface area contributed by atoms with Crippen LogP contribution >= 0.6 is 0 Å². The Morgan fingerprint density at radius 1 is 1.11 bits per heavy atom. The average Bonchev–Trinajstić information content (AvgIpc) is 2.26. The highest BCUT2D eigenvalue weighted by Crippen LogP contribution is 2.12. The van der Waals surface area contributed by atoms with Crippen molar-refractivity contribution in [2.45, 2.75) is 32.9 Å². The summed E-state index contributed by atoms with van der Waals surface area (Å²) in [6, 6.07) is 0.558. The van der Waals surface area contributed by atoms with E-state index in [1.165, 1.54) is 0 Å². The Labute approximate surface area is 114 Å². The first-order valence-electron chi connectivity index (χ1n) is 6.42. The molecule has 7 heteroatoms. The minimum Gasteiger partial charge on any atom is -0.461 e. The smallest absolute Gasteiger partial charge is 0.323 e. The SMILES string of the molecule is CNc1nc(NC(C)CN(C)C)nc(OC(C)C)n1. The molecule has 0 saturated heterocycles. The predicted octanol–water partition coefficient (Wildman–Crippen LogP) is 1.06. The van der Waals surface area contributed by atoms with Crippen LogP contribution in [0.15, 0.2) is 0 Å². The van der Waals surface area contributed by atoms with E-state index in [1.54, 1.807) is 7.05 Å². The van der Waals surface area contributed by atoms with Gasteiger partial charge in [-0.25, -0.2) is 0 Å². The lowest BCUT2D eigenvalue weighted by Crippen LogP contribution is -2.30. The maximum Gasteiger partial charge on any atom is 0.323 e. The van der Waals surface area contributed by atoms with Gasteiger partial charge in [-0.15, -0.1) is 0 Å². The number of hydrogen-bond acceptors (Lipinski definition) is 7.